The number of aromatic nitrogens is 6. The number of urea groups is 1. The van der Waals surface area contributed by atoms with Crippen LogP contribution in [0.3, 0.4) is 0 Å². The number of hydrogen-bond acceptors (Lipinski definition) is 7. The van der Waals surface area contributed by atoms with E-state index in [4.69, 9.17) is 9.84 Å². The number of nitrogens with zero attached hydrogens (tertiary/aromatic N) is 5. The summed E-state index contributed by atoms with van der Waals surface area (Å²) >= 11 is 0. The molecule has 0 aliphatic heterocycles. The van der Waals surface area contributed by atoms with Crippen LogP contribution in [0, 0.1) is 0 Å². The molecule has 11 heteroatoms. The summed E-state index contributed by atoms with van der Waals surface area (Å²) in [5, 5.41) is 11.3. The fourth-order valence-electron chi connectivity index (χ4n) is 4.34. The summed E-state index contributed by atoms with van der Waals surface area (Å²) < 4.78 is 7.90. The summed E-state index contributed by atoms with van der Waals surface area (Å²) in [5.74, 6) is 1.39. The molecule has 0 saturated carbocycles. The molecule has 0 spiro atoms. The van der Waals surface area contributed by atoms with Gasteiger partial charge < -0.3 is 15.0 Å². The summed E-state index contributed by atoms with van der Waals surface area (Å²) in [6.45, 7) is 6.20. The van der Waals surface area contributed by atoms with E-state index in [0.29, 0.717) is 45.1 Å². The Bertz CT molecular complexity index is 1960. The van der Waals surface area contributed by atoms with Crippen LogP contribution in [0.15, 0.2) is 90.1 Å². The summed E-state index contributed by atoms with van der Waals surface area (Å²) in [5.41, 5.74) is 2.82. The molecule has 6 rings (SSSR count). The lowest BCUT2D eigenvalue weighted by Gasteiger charge is -2.14. The van der Waals surface area contributed by atoms with Crippen molar-refractivity contribution in [2.75, 3.05) is 10.6 Å². The zero-order valence-electron chi connectivity index (χ0n) is 22.5. The van der Waals surface area contributed by atoms with Gasteiger partial charge in [0.05, 0.1) is 28.8 Å². The van der Waals surface area contributed by atoms with E-state index in [1.54, 1.807) is 41.3 Å². The maximum atomic E-state index is 13.3. The van der Waals surface area contributed by atoms with Crippen LogP contribution in [0.5, 0.6) is 11.5 Å². The van der Waals surface area contributed by atoms with Crippen molar-refractivity contribution >= 4 is 39.6 Å². The van der Waals surface area contributed by atoms with Gasteiger partial charge in [0.1, 0.15) is 17.1 Å². The normalized spacial score (nSPS) is 11.5. The monoisotopic (exact) mass is 546 g/mol. The first-order valence-corrected chi connectivity index (χ1v) is 12.9. The second-order valence-electron chi connectivity index (χ2n) is 10.4. The fourth-order valence-corrected chi connectivity index (χ4v) is 4.34. The number of fused-ring (bicyclic) bond motifs is 2. The van der Waals surface area contributed by atoms with E-state index in [-0.39, 0.29) is 11.0 Å². The molecule has 2 amide bonds. The van der Waals surface area contributed by atoms with Gasteiger partial charge in [-0.3, -0.25) is 15.1 Å². The minimum atomic E-state index is -0.452. The molecule has 0 aliphatic carbocycles. The number of ether oxygens (including phenoxy) is 1. The van der Waals surface area contributed by atoms with Crippen LogP contribution in [-0.4, -0.2) is 35.7 Å². The summed E-state index contributed by atoms with van der Waals surface area (Å²) in [6.07, 6.45) is 4.36. The maximum absolute atomic E-state index is 13.3. The van der Waals surface area contributed by atoms with Gasteiger partial charge in [-0.15, -0.1) is 0 Å². The van der Waals surface area contributed by atoms with E-state index < -0.39 is 6.03 Å². The molecule has 11 nitrogen and oxygen atoms in total. The highest BCUT2D eigenvalue weighted by Crippen LogP contribution is 2.35. The smallest absolute Gasteiger partial charge is 0.324 e. The summed E-state index contributed by atoms with van der Waals surface area (Å²) in [4.78, 5) is 40.6. The number of nitrogens with one attached hydrogen (secondary N) is 3. The van der Waals surface area contributed by atoms with Crippen LogP contribution >= 0.6 is 0 Å². The predicted octanol–water partition coefficient (Wildman–Crippen LogP) is 5.79. The average molecular weight is 547 g/mol. The number of para-hydroxylation sites is 1. The highest BCUT2D eigenvalue weighted by Gasteiger charge is 2.22. The number of carbonyl (C=O) groups excluding carboxylic acids is 1. The molecule has 2 aromatic carbocycles. The van der Waals surface area contributed by atoms with Crippen molar-refractivity contribution in [3.8, 4) is 17.2 Å². The molecule has 0 radical (unpaired) electrons. The Morgan fingerprint density at radius 2 is 1.73 bits per heavy atom. The van der Waals surface area contributed by atoms with E-state index >= 15 is 0 Å². The Kier molecular flexibility index (Phi) is 6.38. The molecule has 4 aromatic heterocycles. The summed E-state index contributed by atoms with van der Waals surface area (Å²) in [7, 11) is 0. The Morgan fingerprint density at radius 3 is 2.54 bits per heavy atom. The first-order valence-electron chi connectivity index (χ1n) is 12.9. The van der Waals surface area contributed by atoms with Gasteiger partial charge in [0.15, 0.2) is 11.4 Å². The van der Waals surface area contributed by atoms with E-state index in [9.17, 15) is 9.59 Å². The number of carbonyl (C=O) groups is 1. The highest BCUT2D eigenvalue weighted by molar-refractivity contribution is 6.06. The second-order valence-corrected chi connectivity index (χ2v) is 10.4. The van der Waals surface area contributed by atoms with Gasteiger partial charge in [-0.25, -0.2) is 19.4 Å². The number of benzene rings is 2. The van der Waals surface area contributed by atoms with Crippen LogP contribution in [0.2, 0.25) is 0 Å². The summed E-state index contributed by atoms with van der Waals surface area (Å²) in [6, 6.07) is 19.7. The lowest BCUT2D eigenvalue weighted by atomic mass is 9.92. The van der Waals surface area contributed by atoms with Crippen molar-refractivity contribution in [1.82, 2.24) is 29.7 Å². The lowest BCUT2D eigenvalue weighted by molar-refractivity contribution is 0.262. The SMILES string of the molecule is CC(C)(C)c1cc(NC(=O)Nc2ccc(Oc3ccnc4ncc(=O)[nH]c34)c3cccnc23)n(-c2ccccc2)n1. The van der Waals surface area contributed by atoms with Crippen molar-refractivity contribution in [1.29, 1.82) is 0 Å². The van der Waals surface area contributed by atoms with Crippen LogP contribution < -0.4 is 20.9 Å². The van der Waals surface area contributed by atoms with Crippen molar-refractivity contribution < 1.29 is 9.53 Å². The van der Waals surface area contributed by atoms with E-state index in [0.717, 1.165) is 11.4 Å². The van der Waals surface area contributed by atoms with Gasteiger partial charge in [-0.05, 0) is 36.4 Å². The molecule has 0 unspecified atom stereocenters. The fraction of sp³-hybridized carbons (Fsp3) is 0.133. The number of amides is 2. The van der Waals surface area contributed by atoms with Gasteiger partial charge in [-0.1, -0.05) is 39.0 Å². The Hall–Kier alpha value is -5.58. The minimum absolute atomic E-state index is 0.216. The third-order valence-electron chi connectivity index (χ3n) is 6.36. The molecule has 0 atom stereocenters. The topological polar surface area (TPSA) is 140 Å². The maximum Gasteiger partial charge on any atom is 0.324 e. The van der Waals surface area contributed by atoms with Crippen molar-refractivity contribution in [3.63, 3.8) is 0 Å². The third kappa shape index (κ3) is 5.20. The molecule has 0 bridgehead atoms. The number of H-pyrrole nitrogens is 1. The van der Waals surface area contributed by atoms with Crippen molar-refractivity contribution in [2.45, 2.75) is 26.2 Å². The standard InChI is InChI=1S/C30H26N8O3/c1-30(2,3)23-16-24(38(37-23)18-8-5-4-6-9-18)35-29(40)34-20-11-12-21(19-10-7-14-31-26(19)20)41-22-13-15-32-28-27(22)36-25(39)17-33-28/h4-17H,1-3H3,(H,36,39)(H2,34,35,40). The number of pyridine rings is 2. The van der Waals surface area contributed by atoms with Gasteiger partial charge in [0, 0.05) is 35.3 Å². The molecule has 0 saturated heterocycles. The van der Waals surface area contributed by atoms with E-state index in [1.807, 2.05) is 42.5 Å². The number of rotatable bonds is 5. The zero-order valence-corrected chi connectivity index (χ0v) is 22.5. The molecule has 3 N–H and O–H groups in total. The largest absolute Gasteiger partial charge is 0.454 e. The Labute approximate surface area is 234 Å². The van der Waals surface area contributed by atoms with Gasteiger partial charge in [0.2, 0.25) is 0 Å². The van der Waals surface area contributed by atoms with Crippen LogP contribution in [-0.2, 0) is 5.41 Å². The Morgan fingerprint density at radius 1 is 0.902 bits per heavy atom. The minimum Gasteiger partial charge on any atom is -0.454 e. The first kappa shape index (κ1) is 25.7. The predicted molar refractivity (Wildman–Crippen MR) is 157 cm³/mol. The number of aromatic amines is 1. The lowest BCUT2D eigenvalue weighted by Crippen LogP contribution is -2.21. The third-order valence-corrected chi connectivity index (χ3v) is 6.36. The van der Waals surface area contributed by atoms with E-state index in [2.05, 4.69) is 51.3 Å². The number of hydrogen-bond donors (Lipinski definition) is 3. The first-order chi connectivity index (χ1) is 19.8. The van der Waals surface area contributed by atoms with Crippen LogP contribution in [0.4, 0.5) is 16.3 Å². The second kappa shape index (κ2) is 10.2. The molecular weight excluding hydrogens is 520 g/mol. The molecule has 0 aliphatic rings. The van der Waals surface area contributed by atoms with Gasteiger partial charge in [-0.2, -0.15) is 5.10 Å². The van der Waals surface area contributed by atoms with Crippen molar-refractivity contribution in [3.05, 3.63) is 101 Å². The average Bonchev–Trinajstić information content (AvgIpc) is 3.39. The molecule has 6 aromatic rings. The quantitative estimate of drug-likeness (QED) is 0.249. The molecule has 204 valence electrons. The van der Waals surface area contributed by atoms with Gasteiger partial charge >= 0.3 is 6.03 Å². The molecule has 41 heavy (non-hydrogen) atoms. The van der Waals surface area contributed by atoms with E-state index in [1.165, 1.54) is 6.20 Å². The Balaban J connectivity index is 1.30. The highest BCUT2D eigenvalue weighted by atomic mass is 16.5. The van der Waals surface area contributed by atoms with Crippen LogP contribution in [0.25, 0.3) is 27.8 Å². The van der Waals surface area contributed by atoms with Gasteiger partial charge in [0.25, 0.3) is 5.56 Å². The number of anilines is 2. The van der Waals surface area contributed by atoms with Crippen LogP contribution in [0.1, 0.15) is 26.5 Å². The zero-order chi connectivity index (χ0) is 28.6. The van der Waals surface area contributed by atoms with Crippen molar-refractivity contribution in [2.24, 2.45) is 0 Å². The molecule has 0 fully saturated rings. The molecule has 4 heterocycles. The molecular formula is C30H26N8O3.